The van der Waals surface area contributed by atoms with Crippen LogP contribution in [0.2, 0.25) is 0 Å². The normalized spacial score (nSPS) is 11.6. The fourth-order valence-corrected chi connectivity index (χ4v) is 3.59. The summed E-state index contributed by atoms with van der Waals surface area (Å²) < 4.78 is 14.5. The number of rotatable bonds is 7. The third kappa shape index (κ3) is 5.11. The van der Waals surface area contributed by atoms with Crippen molar-refractivity contribution >= 4 is 17.5 Å². The minimum absolute atomic E-state index is 0.190. The smallest absolute Gasteiger partial charge is 0.255 e. The molecule has 6 nitrogen and oxygen atoms in total. The van der Waals surface area contributed by atoms with Crippen LogP contribution in [0.3, 0.4) is 0 Å². The molecule has 0 aliphatic carbocycles. The molecule has 0 aliphatic rings. The molecule has 0 fully saturated rings. The van der Waals surface area contributed by atoms with Gasteiger partial charge in [0.15, 0.2) is 0 Å². The van der Waals surface area contributed by atoms with Crippen LogP contribution in [0.25, 0.3) is 0 Å². The molecule has 2 aromatic carbocycles. The van der Waals surface area contributed by atoms with E-state index < -0.39 is 0 Å². The minimum atomic E-state index is -0.371. The van der Waals surface area contributed by atoms with Crippen molar-refractivity contribution in [2.24, 2.45) is 0 Å². The Hall–Kier alpha value is -3.74. The van der Waals surface area contributed by atoms with Gasteiger partial charge in [0, 0.05) is 32.0 Å². The van der Waals surface area contributed by atoms with Crippen LogP contribution >= 0.6 is 0 Å². The second kappa shape index (κ2) is 10.0. The minimum Gasteiger partial charge on any atom is -0.335 e. The van der Waals surface area contributed by atoms with Crippen LogP contribution in [0.1, 0.15) is 35.3 Å². The molecule has 0 unspecified atom stereocenters. The first-order valence-electron chi connectivity index (χ1n) is 10.4. The summed E-state index contributed by atoms with van der Waals surface area (Å²) in [6.07, 6.45) is 2.04. The molecular weight excluding hydrogens is 409 g/mol. The number of amides is 2. The van der Waals surface area contributed by atoms with Crippen LogP contribution in [0.5, 0.6) is 0 Å². The lowest BCUT2D eigenvalue weighted by molar-refractivity contribution is -0.118. The van der Waals surface area contributed by atoms with Crippen LogP contribution in [-0.4, -0.2) is 35.4 Å². The van der Waals surface area contributed by atoms with Crippen molar-refractivity contribution in [1.29, 1.82) is 0 Å². The number of nitrogens with zero attached hydrogens (tertiary/aromatic N) is 3. The SMILES string of the molecule is CC[C@H](c1ccc(F)cc1)N(C)C(=O)c1ccc(=O)n(CC(=O)N(C)c2ccccc2)c1. The molecule has 0 N–H and O–H groups in total. The molecule has 0 bridgehead atoms. The van der Waals surface area contributed by atoms with E-state index in [2.05, 4.69) is 0 Å². The molecule has 1 atom stereocenters. The summed E-state index contributed by atoms with van der Waals surface area (Å²) in [6.45, 7) is 1.75. The average molecular weight is 435 g/mol. The second-order valence-corrected chi connectivity index (χ2v) is 7.56. The number of pyridine rings is 1. The molecule has 3 aromatic rings. The van der Waals surface area contributed by atoms with Gasteiger partial charge in [0.25, 0.3) is 11.5 Å². The highest BCUT2D eigenvalue weighted by atomic mass is 19.1. The van der Waals surface area contributed by atoms with Gasteiger partial charge in [-0.25, -0.2) is 4.39 Å². The van der Waals surface area contributed by atoms with Crippen molar-refractivity contribution in [2.75, 3.05) is 19.0 Å². The van der Waals surface area contributed by atoms with Gasteiger partial charge in [-0.15, -0.1) is 0 Å². The Kier molecular flexibility index (Phi) is 7.20. The van der Waals surface area contributed by atoms with E-state index in [-0.39, 0.29) is 35.8 Å². The molecule has 1 heterocycles. The van der Waals surface area contributed by atoms with Gasteiger partial charge in [-0.1, -0.05) is 37.3 Å². The fraction of sp³-hybridized carbons (Fsp3) is 0.240. The van der Waals surface area contributed by atoms with Gasteiger partial charge in [-0.3, -0.25) is 14.4 Å². The van der Waals surface area contributed by atoms with Gasteiger partial charge in [0.1, 0.15) is 12.4 Å². The fourth-order valence-electron chi connectivity index (χ4n) is 3.59. The quantitative estimate of drug-likeness (QED) is 0.566. The third-order valence-corrected chi connectivity index (χ3v) is 5.48. The van der Waals surface area contributed by atoms with Crippen LogP contribution in [-0.2, 0) is 11.3 Å². The summed E-state index contributed by atoms with van der Waals surface area (Å²) in [5, 5.41) is 0. The maximum Gasteiger partial charge on any atom is 0.255 e. The number of carbonyl (C=O) groups excluding carboxylic acids is 2. The van der Waals surface area contributed by atoms with Crippen molar-refractivity contribution in [3.8, 4) is 0 Å². The first-order valence-corrected chi connectivity index (χ1v) is 10.4. The number of hydrogen-bond acceptors (Lipinski definition) is 3. The predicted molar refractivity (Wildman–Crippen MR) is 122 cm³/mol. The predicted octanol–water partition coefficient (Wildman–Crippen LogP) is 3.87. The second-order valence-electron chi connectivity index (χ2n) is 7.56. The molecule has 0 saturated carbocycles. The van der Waals surface area contributed by atoms with Gasteiger partial charge < -0.3 is 14.4 Å². The Balaban J connectivity index is 1.80. The van der Waals surface area contributed by atoms with Gasteiger partial charge in [-0.2, -0.15) is 0 Å². The Bertz CT molecular complexity index is 1140. The van der Waals surface area contributed by atoms with Gasteiger partial charge in [0.2, 0.25) is 5.91 Å². The lowest BCUT2D eigenvalue weighted by Gasteiger charge is -2.28. The number of likely N-dealkylation sites (N-methyl/N-ethyl adjacent to an activating group) is 1. The zero-order chi connectivity index (χ0) is 23.3. The lowest BCUT2D eigenvalue weighted by Crippen LogP contribution is -2.35. The maximum absolute atomic E-state index is 13.3. The summed E-state index contributed by atoms with van der Waals surface area (Å²) in [7, 11) is 3.31. The summed E-state index contributed by atoms with van der Waals surface area (Å²) >= 11 is 0. The first-order chi connectivity index (χ1) is 15.3. The molecule has 0 radical (unpaired) electrons. The van der Waals surface area contributed by atoms with Crippen molar-refractivity contribution in [3.63, 3.8) is 0 Å². The molecular formula is C25H26FN3O3. The van der Waals surface area contributed by atoms with Gasteiger partial charge >= 0.3 is 0 Å². The number of halogens is 1. The maximum atomic E-state index is 13.3. The van der Waals surface area contributed by atoms with E-state index >= 15 is 0 Å². The highest BCUT2D eigenvalue weighted by molar-refractivity contribution is 5.95. The van der Waals surface area contributed by atoms with Crippen molar-refractivity contribution in [2.45, 2.75) is 25.9 Å². The third-order valence-electron chi connectivity index (χ3n) is 5.48. The number of para-hydroxylation sites is 1. The van der Waals surface area contributed by atoms with Crippen LogP contribution < -0.4 is 10.5 Å². The summed E-state index contributed by atoms with van der Waals surface area (Å²) in [5.41, 5.74) is 1.45. The summed E-state index contributed by atoms with van der Waals surface area (Å²) in [5.74, 6) is -0.914. The zero-order valence-electron chi connectivity index (χ0n) is 18.4. The standard InChI is InChI=1S/C25H26FN3O3/c1-4-22(18-10-13-20(26)14-11-18)28(3)25(32)19-12-15-23(30)29(16-19)17-24(31)27(2)21-8-6-5-7-9-21/h5-16,22H,4,17H2,1-3H3/t22-/m1/s1. The van der Waals surface area contributed by atoms with Gasteiger partial charge in [0.05, 0.1) is 11.6 Å². The average Bonchev–Trinajstić information content (AvgIpc) is 2.81. The zero-order valence-corrected chi connectivity index (χ0v) is 18.4. The molecule has 7 heteroatoms. The molecule has 2 amide bonds. The number of benzene rings is 2. The van der Waals surface area contributed by atoms with E-state index in [4.69, 9.17) is 0 Å². The van der Waals surface area contributed by atoms with Crippen LogP contribution in [0, 0.1) is 5.82 Å². The molecule has 32 heavy (non-hydrogen) atoms. The van der Waals surface area contributed by atoms with E-state index in [0.29, 0.717) is 17.7 Å². The molecule has 3 rings (SSSR count). The number of aromatic nitrogens is 1. The molecule has 0 aliphatic heterocycles. The van der Waals surface area contributed by atoms with Gasteiger partial charge in [-0.05, 0) is 42.3 Å². The van der Waals surface area contributed by atoms with E-state index in [1.165, 1.54) is 39.9 Å². The molecule has 166 valence electrons. The topological polar surface area (TPSA) is 62.6 Å². The van der Waals surface area contributed by atoms with E-state index in [1.807, 2.05) is 25.1 Å². The largest absolute Gasteiger partial charge is 0.335 e. The van der Waals surface area contributed by atoms with Crippen LogP contribution in [0.4, 0.5) is 10.1 Å². The first kappa shape index (κ1) is 22.9. The van der Waals surface area contributed by atoms with Crippen LogP contribution in [0.15, 0.2) is 77.7 Å². The van der Waals surface area contributed by atoms with E-state index in [0.717, 1.165) is 5.56 Å². The molecule has 0 spiro atoms. The van der Waals surface area contributed by atoms with Crippen molar-refractivity contribution in [1.82, 2.24) is 9.47 Å². The number of carbonyl (C=O) groups is 2. The summed E-state index contributed by atoms with van der Waals surface area (Å²) in [4.78, 5) is 41.2. The monoisotopic (exact) mass is 435 g/mol. The van der Waals surface area contributed by atoms with E-state index in [9.17, 15) is 18.8 Å². The summed E-state index contributed by atoms with van der Waals surface area (Å²) in [6, 6.07) is 17.6. The Morgan fingerprint density at radius 2 is 1.62 bits per heavy atom. The van der Waals surface area contributed by atoms with E-state index in [1.54, 1.807) is 43.3 Å². The molecule has 0 saturated heterocycles. The highest BCUT2D eigenvalue weighted by Crippen LogP contribution is 2.24. The molecule has 1 aromatic heterocycles. The van der Waals surface area contributed by atoms with Crippen molar-refractivity contribution in [3.05, 3.63) is 100 Å². The Morgan fingerprint density at radius 1 is 0.969 bits per heavy atom. The number of anilines is 1. The van der Waals surface area contributed by atoms with Crippen molar-refractivity contribution < 1.29 is 14.0 Å². The lowest BCUT2D eigenvalue weighted by atomic mass is 10.0. The Labute approximate surface area is 186 Å². The number of hydrogen-bond donors (Lipinski definition) is 0. The Morgan fingerprint density at radius 3 is 2.25 bits per heavy atom. The highest BCUT2D eigenvalue weighted by Gasteiger charge is 2.22.